The first-order chi connectivity index (χ1) is 16.4. The number of methoxy groups -OCH3 is 1. The predicted molar refractivity (Wildman–Crippen MR) is 135 cm³/mol. The van der Waals surface area contributed by atoms with Crippen LogP contribution in [0.4, 0.5) is 0 Å². The molecule has 0 radical (unpaired) electrons. The Bertz CT molecular complexity index is 1170. The quantitative estimate of drug-likeness (QED) is 0.449. The number of hydrogen-bond donors (Lipinski definition) is 2. The SMILES string of the molecule is CCN(CC)CCOc1ccc(CNC(=O)c2ccc(-c3cccc(C)c3)[nH]c2=O)cc1OC. The van der Waals surface area contributed by atoms with Crippen LogP contribution in [0.2, 0.25) is 0 Å². The van der Waals surface area contributed by atoms with Gasteiger partial charge < -0.3 is 24.7 Å². The summed E-state index contributed by atoms with van der Waals surface area (Å²) >= 11 is 0. The lowest BCUT2D eigenvalue weighted by Gasteiger charge is -2.19. The van der Waals surface area contributed by atoms with Crippen molar-refractivity contribution >= 4 is 5.91 Å². The predicted octanol–water partition coefficient (Wildman–Crippen LogP) is 4.01. The summed E-state index contributed by atoms with van der Waals surface area (Å²) in [6.07, 6.45) is 0. The van der Waals surface area contributed by atoms with Gasteiger partial charge in [0.1, 0.15) is 12.2 Å². The fourth-order valence-electron chi connectivity index (χ4n) is 3.68. The molecule has 0 spiro atoms. The summed E-state index contributed by atoms with van der Waals surface area (Å²) < 4.78 is 11.3. The lowest BCUT2D eigenvalue weighted by Crippen LogP contribution is -2.29. The number of carbonyl (C=O) groups excluding carboxylic acids is 1. The second kappa shape index (κ2) is 12.0. The molecule has 3 rings (SSSR count). The van der Waals surface area contributed by atoms with Crippen LogP contribution in [0.1, 0.15) is 35.3 Å². The normalized spacial score (nSPS) is 10.9. The molecular weight excluding hydrogens is 430 g/mol. The molecule has 1 amide bonds. The van der Waals surface area contributed by atoms with Gasteiger partial charge in [-0.25, -0.2) is 0 Å². The topological polar surface area (TPSA) is 83.7 Å². The first-order valence-electron chi connectivity index (χ1n) is 11.6. The summed E-state index contributed by atoms with van der Waals surface area (Å²) in [5.41, 5.74) is 3.15. The molecule has 0 fully saturated rings. The van der Waals surface area contributed by atoms with Gasteiger partial charge in [-0.15, -0.1) is 0 Å². The summed E-state index contributed by atoms with van der Waals surface area (Å²) in [5.74, 6) is 0.829. The number of carbonyl (C=O) groups is 1. The number of hydrogen-bond acceptors (Lipinski definition) is 5. The standard InChI is InChI=1S/C27H33N3O4/c1-5-30(6-2)14-15-34-24-13-10-20(17-25(24)33-4)18-28-26(31)22-11-12-23(29-27(22)32)21-9-7-8-19(3)16-21/h7-13,16-17H,5-6,14-15,18H2,1-4H3,(H,28,31)(H,29,32). The second-order valence-electron chi connectivity index (χ2n) is 8.03. The van der Waals surface area contributed by atoms with E-state index >= 15 is 0 Å². The van der Waals surface area contributed by atoms with E-state index in [0.29, 0.717) is 23.8 Å². The Morgan fingerprint density at radius 2 is 1.82 bits per heavy atom. The van der Waals surface area contributed by atoms with Crippen LogP contribution in [0.5, 0.6) is 11.5 Å². The maximum atomic E-state index is 12.6. The van der Waals surface area contributed by atoms with Gasteiger partial charge in [0.15, 0.2) is 11.5 Å². The molecule has 2 aromatic carbocycles. The van der Waals surface area contributed by atoms with Crippen molar-refractivity contribution in [2.75, 3.05) is 33.4 Å². The van der Waals surface area contributed by atoms with Gasteiger partial charge in [-0.05, 0) is 61.5 Å². The van der Waals surface area contributed by atoms with Crippen molar-refractivity contribution in [3.05, 3.63) is 81.6 Å². The van der Waals surface area contributed by atoms with E-state index in [1.807, 2.05) is 49.4 Å². The molecule has 2 N–H and O–H groups in total. The number of aryl methyl sites for hydroxylation is 1. The fourth-order valence-corrected chi connectivity index (χ4v) is 3.68. The highest BCUT2D eigenvalue weighted by atomic mass is 16.5. The largest absolute Gasteiger partial charge is 0.493 e. The minimum atomic E-state index is -0.435. The van der Waals surface area contributed by atoms with Gasteiger partial charge in [-0.1, -0.05) is 43.7 Å². The summed E-state index contributed by atoms with van der Waals surface area (Å²) in [6, 6.07) is 16.7. The third-order valence-electron chi connectivity index (χ3n) is 5.72. The minimum Gasteiger partial charge on any atom is -0.493 e. The Morgan fingerprint density at radius 1 is 1.03 bits per heavy atom. The third-order valence-corrected chi connectivity index (χ3v) is 5.72. The number of amides is 1. The maximum absolute atomic E-state index is 12.6. The van der Waals surface area contributed by atoms with Crippen LogP contribution >= 0.6 is 0 Å². The van der Waals surface area contributed by atoms with E-state index in [1.54, 1.807) is 19.2 Å². The Kier molecular flexibility index (Phi) is 8.87. The van der Waals surface area contributed by atoms with E-state index in [1.165, 1.54) is 0 Å². The molecule has 1 aromatic heterocycles. The van der Waals surface area contributed by atoms with E-state index in [0.717, 1.165) is 36.3 Å². The molecule has 0 atom stereocenters. The number of aromatic nitrogens is 1. The molecule has 0 saturated carbocycles. The minimum absolute atomic E-state index is 0.0692. The smallest absolute Gasteiger partial charge is 0.261 e. The number of aromatic amines is 1. The zero-order valence-electron chi connectivity index (χ0n) is 20.3. The van der Waals surface area contributed by atoms with Crippen LogP contribution in [0, 0.1) is 6.92 Å². The molecule has 34 heavy (non-hydrogen) atoms. The van der Waals surface area contributed by atoms with Crippen LogP contribution in [-0.4, -0.2) is 49.1 Å². The third kappa shape index (κ3) is 6.48. The van der Waals surface area contributed by atoms with Gasteiger partial charge in [0.25, 0.3) is 11.5 Å². The van der Waals surface area contributed by atoms with Crippen molar-refractivity contribution in [3.63, 3.8) is 0 Å². The van der Waals surface area contributed by atoms with Crippen LogP contribution in [0.3, 0.4) is 0 Å². The average molecular weight is 464 g/mol. The molecule has 0 aliphatic carbocycles. The Morgan fingerprint density at radius 3 is 2.50 bits per heavy atom. The van der Waals surface area contributed by atoms with Crippen LogP contribution in [-0.2, 0) is 6.54 Å². The zero-order chi connectivity index (χ0) is 24.5. The number of H-pyrrole nitrogens is 1. The van der Waals surface area contributed by atoms with Crippen molar-refractivity contribution in [2.24, 2.45) is 0 Å². The molecule has 0 bridgehead atoms. The lowest BCUT2D eigenvalue weighted by molar-refractivity contribution is 0.0949. The summed E-state index contributed by atoms with van der Waals surface area (Å²) in [5, 5.41) is 2.81. The summed E-state index contributed by atoms with van der Waals surface area (Å²) in [7, 11) is 1.59. The van der Waals surface area contributed by atoms with Crippen molar-refractivity contribution in [2.45, 2.75) is 27.3 Å². The molecule has 0 unspecified atom stereocenters. The summed E-state index contributed by atoms with van der Waals surface area (Å²) in [6.45, 7) is 9.86. The van der Waals surface area contributed by atoms with E-state index in [-0.39, 0.29) is 12.1 Å². The lowest BCUT2D eigenvalue weighted by atomic mass is 10.1. The van der Waals surface area contributed by atoms with E-state index in [9.17, 15) is 9.59 Å². The van der Waals surface area contributed by atoms with Gasteiger partial charge in [-0.2, -0.15) is 0 Å². The van der Waals surface area contributed by atoms with Crippen LogP contribution < -0.4 is 20.3 Å². The van der Waals surface area contributed by atoms with E-state index < -0.39 is 11.5 Å². The number of ether oxygens (including phenoxy) is 2. The highest BCUT2D eigenvalue weighted by molar-refractivity contribution is 5.94. The van der Waals surface area contributed by atoms with E-state index in [2.05, 4.69) is 29.0 Å². The number of rotatable bonds is 11. The number of likely N-dealkylation sites (N-methyl/N-ethyl adjacent to an activating group) is 1. The van der Waals surface area contributed by atoms with Gasteiger partial charge in [0, 0.05) is 18.8 Å². The monoisotopic (exact) mass is 463 g/mol. The summed E-state index contributed by atoms with van der Waals surface area (Å²) in [4.78, 5) is 30.3. The van der Waals surface area contributed by atoms with Crippen molar-refractivity contribution < 1.29 is 14.3 Å². The Hall–Kier alpha value is -3.58. The molecule has 0 saturated heterocycles. The molecule has 0 aliphatic heterocycles. The van der Waals surface area contributed by atoms with Crippen LogP contribution in [0.25, 0.3) is 11.3 Å². The first-order valence-corrected chi connectivity index (χ1v) is 11.6. The molecular formula is C27H33N3O4. The number of pyridine rings is 1. The van der Waals surface area contributed by atoms with Crippen molar-refractivity contribution in [1.29, 1.82) is 0 Å². The number of nitrogens with zero attached hydrogens (tertiary/aromatic N) is 1. The van der Waals surface area contributed by atoms with Crippen molar-refractivity contribution in [3.8, 4) is 22.8 Å². The Balaban J connectivity index is 1.62. The van der Waals surface area contributed by atoms with Gasteiger partial charge in [0.2, 0.25) is 0 Å². The molecule has 1 heterocycles. The maximum Gasteiger partial charge on any atom is 0.261 e. The average Bonchev–Trinajstić information content (AvgIpc) is 2.85. The molecule has 180 valence electrons. The molecule has 7 heteroatoms. The zero-order valence-corrected chi connectivity index (χ0v) is 20.3. The fraction of sp³-hybridized carbons (Fsp3) is 0.333. The highest BCUT2D eigenvalue weighted by Gasteiger charge is 2.13. The second-order valence-corrected chi connectivity index (χ2v) is 8.03. The number of benzene rings is 2. The first kappa shape index (κ1) is 25.1. The van der Waals surface area contributed by atoms with E-state index in [4.69, 9.17) is 9.47 Å². The van der Waals surface area contributed by atoms with Gasteiger partial charge >= 0.3 is 0 Å². The van der Waals surface area contributed by atoms with Crippen LogP contribution in [0.15, 0.2) is 59.4 Å². The number of nitrogens with one attached hydrogen (secondary N) is 2. The molecule has 7 nitrogen and oxygen atoms in total. The highest BCUT2D eigenvalue weighted by Crippen LogP contribution is 2.28. The Labute approximate surface area is 200 Å². The van der Waals surface area contributed by atoms with Crippen molar-refractivity contribution in [1.82, 2.24) is 15.2 Å². The van der Waals surface area contributed by atoms with Gasteiger partial charge in [-0.3, -0.25) is 9.59 Å². The molecule has 3 aromatic rings. The molecule has 0 aliphatic rings. The van der Waals surface area contributed by atoms with Gasteiger partial charge in [0.05, 0.1) is 7.11 Å².